The number of hydrogen-bond acceptors (Lipinski definition) is 9. The number of pyridine rings is 2. The average molecular weight is 502 g/mol. The average Bonchev–Trinajstić information content (AvgIpc) is 3.59. The molecule has 0 spiro atoms. The van der Waals surface area contributed by atoms with E-state index in [0.717, 1.165) is 18.9 Å². The lowest BCUT2D eigenvalue weighted by Gasteiger charge is -2.20. The molecule has 0 bridgehead atoms. The zero-order valence-electron chi connectivity index (χ0n) is 20.3. The monoisotopic (exact) mass is 501 g/mol. The minimum Gasteiger partial charge on any atom is -0.477 e. The summed E-state index contributed by atoms with van der Waals surface area (Å²) in [5.41, 5.74) is 0.360. The molecule has 0 aromatic carbocycles. The Morgan fingerprint density at radius 3 is 2.78 bits per heavy atom. The second-order valence-electron chi connectivity index (χ2n) is 8.78. The molecule has 0 radical (unpaired) electrons. The maximum atomic E-state index is 15.3. The molecule has 1 unspecified atom stereocenters. The van der Waals surface area contributed by atoms with Crippen LogP contribution in [0.2, 0.25) is 0 Å². The van der Waals surface area contributed by atoms with Crippen molar-refractivity contribution in [2.24, 2.45) is 11.1 Å². The van der Waals surface area contributed by atoms with Gasteiger partial charge >= 0.3 is 11.9 Å². The number of carbonyl (C=O) groups is 2. The first kappa shape index (κ1) is 25.1. The molecule has 3 heterocycles. The van der Waals surface area contributed by atoms with Crippen LogP contribution in [0.15, 0.2) is 34.0 Å². The minimum absolute atomic E-state index is 0.0207. The number of esters is 1. The fourth-order valence-corrected chi connectivity index (χ4v) is 4.26. The molecule has 12 heteroatoms. The maximum absolute atomic E-state index is 15.3. The van der Waals surface area contributed by atoms with Crippen molar-refractivity contribution in [2.45, 2.75) is 32.7 Å². The van der Waals surface area contributed by atoms with E-state index in [9.17, 15) is 19.5 Å². The Morgan fingerprint density at radius 1 is 1.39 bits per heavy atom. The van der Waals surface area contributed by atoms with Gasteiger partial charge in [0.25, 0.3) is 0 Å². The molecule has 2 aliphatic rings. The summed E-state index contributed by atoms with van der Waals surface area (Å²) in [4.78, 5) is 47.1. The van der Waals surface area contributed by atoms with Crippen LogP contribution in [0.25, 0.3) is 11.0 Å². The fraction of sp³-hybridized carbons (Fsp3) is 0.458. The molecular weight excluding hydrogens is 473 g/mol. The zero-order valence-corrected chi connectivity index (χ0v) is 20.3. The van der Waals surface area contributed by atoms with Crippen molar-refractivity contribution in [3.05, 3.63) is 45.6 Å². The summed E-state index contributed by atoms with van der Waals surface area (Å²) < 4.78 is 21.8. The molecule has 36 heavy (non-hydrogen) atoms. The van der Waals surface area contributed by atoms with Gasteiger partial charge in [-0.1, -0.05) is 5.16 Å². The molecule has 2 aromatic rings. The lowest BCUT2D eigenvalue weighted by molar-refractivity contribution is -0.137. The first-order valence-corrected chi connectivity index (χ1v) is 11.7. The molecule has 2 fully saturated rings. The van der Waals surface area contributed by atoms with Gasteiger partial charge in [-0.25, -0.2) is 19.0 Å². The molecule has 2 N–H and O–H groups in total. The molecule has 192 valence electrons. The summed E-state index contributed by atoms with van der Waals surface area (Å²) in [6, 6.07) is 1.09. The number of aromatic carboxylic acids is 1. The van der Waals surface area contributed by atoms with Crippen LogP contribution in [0.3, 0.4) is 0 Å². The van der Waals surface area contributed by atoms with E-state index < -0.39 is 28.7 Å². The van der Waals surface area contributed by atoms with Crippen LogP contribution < -0.4 is 15.6 Å². The van der Waals surface area contributed by atoms with E-state index in [2.05, 4.69) is 15.5 Å². The van der Waals surface area contributed by atoms with Crippen molar-refractivity contribution in [2.75, 3.05) is 38.3 Å². The van der Waals surface area contributed by atoms with Crippen molar-refractivity contribution in [1.82, 2.24) is 14.9 Å². The molecule has 4 rings (SSSR count). The highest BCUT2D eigenvalue weighted by Gasteiger charge is 2.34. The summed E-state index contributed by atoms with van der Waals surface area (Å²) in [7, 11) is 1.43. The third kappa shape index (κ3) is 5.16. The van der Waals surface area contributed by atoms with Gasteiger partial charge in [-0.15, -0.1) is 0 Å². The number of oxime groups is 1. The summed E-state index contributed by atoms with van der Waals surface area (Å²) in [5, 5.41) is 16.6. The Hall–Kier alpha value is -3.96. The first-order valence-electron chi connectivity index (χ1n) is 11.7. The standard InChI is InChI=1S/C24H28FN5O6/c1-4-36-20(31)7-13(2)26-9-14-10-29(12-19(14)28-35-3)23-18(25)8-16-21(32)17(24(33)34)11-30(15-5-6-15)22(16)27-23/h7-8,11,14-15,26H,4-6,9-10,12H2,1-3H3,(H,33,34)/b13-7-,28-19-. The third-order valence-corrected chi connectivity index (χ3v) is 6.13. The number of anilines is 1. The number of allylic oxidation sites excluding steroid dienone is 1. The number of carboxylic acid groups (broad SMARTS) is 1. The van der Waals surface area contributed by atoms with Crippen LogP contribution in [-0.2, 0) is 14.4 Å². The highest BCUT2D eigenvalue weighted by molar-refractivity contribution is 5.95. The van der Waals surface area contributed by atoms with Crippen molar-refractivity contribution >= 4 is 34.5 Å². The number of nitrogens with zero attached hydrogens (tertiary/aromatic N) is 4. The Labute approximate surface area is 206 Å². The molecule has 11 nitrogen and oxygen atoms in total. The molecule has 1 saturated heterocycles. The normalized spacial score (nSPS) is 19.1. The van der Waals surface area contributed by atoms with Gasteiger partial charge in [-0.05, 0) is 32.8 Å². The summed E-state index contributed by atoms with van der Waals surface area (Å²) in [6.07, 6.45) is 4.31. The number of nitrogens with one attached hydrogen (secondary N) is 1. The Balaban J connectivity index is 1.64. The van der Waals surface area contributed by atoms with E-state index in [4.69, 9.17) is 9.57 Å². The summed E-state index contributed by atoms with van der Waals surface area (Å²) in [6.45, 7) is 4.76. The van der Waals surface area contributed by atoms with Gasteiger partial charge < -0.3 is 29.5 Å². The number of carboxylic acids is 1. The van der Waals surface area contributed by atoms with Crippen LogP contribution in [0.1, 0.15) is 43.1 Å². The number of rotatable bonds is 9. The van der Waals surface area contributed by atoms with E-state index in [1.807, 2.05) is 0 Å². The van der Waals surface area contributed by atoms with Crippen molar-refractivity contribution in [3.8, 4) is 0 Å². The Kier molecular flexibility index (Phi) is 7.22. The fourth-order valence-electron chi connectivity index (χ4n) is 4.26. The number of halogens is 1. The lowest BCUT2D eigenvalue weighted by atomic mass is 10.1. The summed E-state index contributed by atoms with van der Waals surface area (Å²) in [5.74, 6) is -2.66. The molecule has 1 saturated carbocycles. The minimum atomic E-state index is -1.36. The van der Waals surface area contributed by atoms with E-state index in [1.165, 1.54) is 19.4 Å². The third-order valence-electron chi connectivity index (χ3n) is 6.13. The van der Waals surface area contributed by atoms with Gasteiger partial charge in [-0.2, -0.15) is 0 Å². The molecular formula is C24H28FN5O6. The second kappa shape index (κ2) is 10.3. The van der Waals surface area contributed by atoms with Gasteiger partial charge in [0, 0.05) is 43.0 Å². The van der Waals surface area contributed by atoms with E-state index in [-0.39, 0.29) is 42.0 Å². The number of carbonyl (C=O) groups excluding carboxylic acids is 1. The van der Waals surface area contributed by atoms with Gasteiger partial charge in [0.2, 0.25) is 5.43 Å². The Morgan fingerprint density at radius 2 is 2.14 bits per heavy atom. The van der Waals surface area contributed by atoms with Crippen molar-refractivity contribution < 1.29 is 28.7 Å². The second-order valence-corrected chi connectivity index (χ2v) is 8.78. The first-order chi connectivity index (χ1) is 17.2. The smallest absolute Gasteiger partial charge is 0.341 e. The highest BCUT2D eigenvalue weighted by atomic mass is 19.1. The number of ether oxygens (including phenoxy) is 1. The van der Waals surface area contributed by atoms with Gasteiger partial charge in [-0.3, -0.25) is 4.79 Å². The molecule has 1 atom stereocenters. The van der Waals surface area contributed by atoms with Crippen LogP contribution in [0.4, 0.5) is 10.2 Å². The van der Waals surface area contributed by atoms with Crippen molar-refractivity contribution in [3.63, 3.8) is 0 Å². The highest BCUT2D eigenvalue weighted by Crippen LogP contribution is 2.37. The molecule has 1 aliphatic carbocycles. The SMILES string of the molecule is CCOC(=O)/C=C(/C)NCC1CN(c2nc3c(cc2F)c(=O)c(C(=O)O)cn3C2CC2)C/C1=N/OC. The van der Waals surface area contributed by atoms with Crippen LogP contribution >= 0.6 is 0 Å². The van der Waals surface area contributed by atoms with E-state index >= 15 is 4.39 Å². The number of hydrogen-bond donors (Lipinski definition) is 2. The van der Waals surface area contributed by atoms with E-state index in [1.54, 1.807) is 23.3 Å². The maximum Gasteiger partial charge on any atom is 0.341 e. The predicted octanol–water partition coefficient (Wildman–Crippen LogP) is 2.06. The molecule has 0 amide bonds. The van der Waals surface area contributed by atoms with Crippen LogP contribution in [-0.4, -0.2) is 65.7 Å². The quantitative estimate of drug-likeness (QED) is 0.301. The molecule has 2 aromatic heterocycles. The van der Waals surface area contributed by atoms with Crippen molar-refractivity contribution in [1.29, 1.82) is 0 Å². The van der Waals surface area contributed by atoms with Gasteiger partial charge in [0.1, 0.15) is 18.3 Å². The topological polar surface area (TPSA) is 135 Å². The lowest BCUT2D eigenvalue weighted by Crippen LogP contribution is -2.28. The summed E-state index contributed by atoms with van der Waals surface area (Å²) >= 11 is 0. The predicted molar refractivity (Wildman–Crippen MR) is 130 cm³/mol. The van der Waals surface area contributed by atoms with Crippen LogP contribution in [0, 0.1) is 11.7 Å². The number of fused-ring (bicyclic) bond motifs is 1. The van der Waals surface area contributed by atoms with Gasteiger partial charge in [0.15, 0.2) is 11.6 Å². The Bertz CT molecular complexity index is 1320. The number of aromatic nitrogens is 2. The van der Waals surface area contributed by atoms with Crippen LogP contribution in [0.5, 0.6) is 0 Å². The molecule has 1 aliphatic heterocycles. The van der Waals surface area contributed by atoms with E-state index in [0.29, 0.717) is 24.5 Å². The zero-order chi connectivity index (χ0) is 26.0. The van der Waals surface area contributed by atoms with Gasteiger partial charge in [0.05, 0.1) is 24.2 Å². The largest absolute Gasteiger partial charge is 0.477 e.